The van der Waals surface area contributed by atoms with Gasteiger partial charge in [-0.2, -0.15) is 0 Å². The summed E-state index contributed by atoms with van der Waals surface area (Å²) in [6.07, 6.45) is 7.90. The van der Waals surface area contributed by atoms with E-state index >= 15 is 0 Å². The molecule has 98 valence electrons. The van der Waals surface area contributed by atoms with Gasteiger partial charge in [0.15, 0.2) is 0 Å². The summed E-state index contributed by atoms with van der Waals surface area (Å²) in [4.78, 5) is 11.5. The number of hydrogen-bond donors (Lipinski definition) is 1. The number of nitrogens with one attached hydrogen (secondary N) is 1. The predicted molar refractivity (Wildman–Crippen MR) is 68.5 cm³/mol. The minimum Gasteiger partial charge on any atom is -0.350 e. The maximum Gasteiger partial charge on any atom is 0.221 e. The van der Waals surface area contributed by atoms with Gasteiger partial charge in [0.1, 0.15) is 9.84 Å². The SMILES string of the molecule is CC(NC(=O)CCS(C)(=O)=O)C1=CCCCC1. The molecule has 1 N–H and O–H groups in total. The Labute approximate surface area is 103 Å². The summed E-state index contributed by atoms with van der Waals surface area (Å²) in [5.74, 6) is -0.265. The zero-order chi connectivity index (χ0) is 12.9. The second-order valence-electron chi connectivity index (χ2n) is 4.69. The summed E-state index contributed by atoms with van der Waals surface area (Å²) in [5, 5.41) is 2.85. The van der Waals surface area contributed by atoms with Gasteiger partial charge >= 0.3 is 0 Å². The summed E-state index contributed by atoms with van der Waals surface area (Å²) < 4.78 is 21.9. The van der Waals surface area contributed by atoms with E-state index in [1.54, 1.807) is 0 Å². The lowest BCUT2D eigenvalue weighted by Crippen LogP contribution is -2.35. The lowest BCUT2D eigenvalue weighted by molar-refractivity contribution is -0.121. The Morgan fingerprint density at radius 2 is 2.18 bits per heavy atom. The van der Waals surface area contributed by atoms with Gasteiger partial charge in [0.05, 0.1) is 5.75 Å². The lowest BCUT2D eigenvalue weighted by atomic mass is 9.95. The Kier molecular flexibility index (Phi) is 5.18. The monoisotopic (exact) mass is 259 g/mol. The molecule has 1 rings (SSSR count). The third-order valence-electron chi connectivity index (χ3n) is 2.96. The number of hydrogen-bond acceptors (Lipinski definition) is 3. The maximum atomic E-state index is 11.5. The van der Waals surface area contributed by atoms with E-state index < -0.39 is 9.84 Å². The lowest BCUT2D eigenvalue weighted by Gasteiger charge is -2.20. The quantitative estimate of drug-likeness (QED) is 0.760. The zero-order valence-corrected chi connectivity index (χ0v) is 11.3. The van der Waals surface area contributed by atoms with Crippen molar-refractivity contribution in [1.29, 1.82) is 0 Å². The highest BCUT2D eigenvalue weighted by atomic mass is 32.2. The molecule has 0 saturated heterocycles. The van der Waals surface area contributed by atoms with Crippen molar-refractivity contribution in [3.63, 3.8) is 0 Å². The first-order chi connectivity index (χ1) is 7.88. The van der Waals surface area contributed by atoms with E-state index in [1.165, 1.54) is 18.4 Å². The van der Waals surface area contributed by atoms with Crippen LogP contribution in [0.3, 0.4) is 0 Å². The highest BCUT2D eigenvalue weighted by Crippen LogP contribution is 2.20. The molecular weight excluding hydrogens is 238 g/mol. The average molecular weight is 259 g/mol. The van der Waals surface area contributed by atoms with Crippen LogP contribution in [0.25, 0.3) is 0 Å². The molecule has 17 heavy (non-hydrogen) atoms. The number of carbonyl (C=O) groups excluding carboxylic acids is 1. The standard InChI is InChI=1S/C12H21NO3S/c1-10(11-6-4-3-5-7-11)13-12(14)8-9-17(2,15)16/h6,10H,3-5,7-9H2,1-2H3,(H,13,14). The van der Waals surface area contributed by atoms with Crippen molar-refractivity contribution in [1.82, 2.24) is 5.32 Å². The average Bonchev–Trinajstić information content (AvgIpc) is 2.27. The van der Waals surface area contributed by atoms with Gasteiger partial charge in [0.2, 0.25) is 5.91 Å². The molecule has 0 bridgehead atoms. The fourth-order valence-corrected chi connectivity index (χ4v) is 2.50. The van der Waals surface area contributed by atoms with Gasteiger partial charge in [0.25, 0.3) is 0 Å². The molecule has 4 nitrogen and oxygen atoms in total. The summed E-state index contributed by atoms with van der Waals surface area (Å²) in [6.45, 7) is 1.95. The van der Waals surface area contributed by atoms with Gasteiger partial charge in [-0.15, -0.1) is 0 Å². The molecule has 0 heterocycles. The normalized spacial score (nSPS) is 18.4. The second-order valence-corrected chi connectivity index (χ2v) is 6.95. The molecule has 0 spiro atoms. The van der Waals surface area contributed by atoms with E-state index in [2.05, 4.69) is 11.4 Å². The van der Waals surface area contributed by atoms with Gasteiger partial charge < -0.3 is 5.32 Å². The molecule has 5 heteroatoms. The minimum atomic E-state index is -3.06. The van der Waals surface area contributed by atoms with E-state index in [1.807, 2.05) is 6.92 Å². The third-order valence-corrected chi connectivity index (χ3v) is 3.91. The molecule has 0 fully saturated rings. The molecule has 0 radical (unpaired) electrons. The van der Waals surface area contributed by atoms with E-state index in [9.17, 15) is 13.2 Å². The molecule has 1 atom stereocenters. The topological polar surface area (TPSA) is 63.2 Å². The predicted octanol–water partition coefficient (Wildman–Crippen LogP) is 1.43. The smallest absolute Gasteiger partial charge is 0.221 e. The molecule has 0 aromatic rings. The van der Waals surface area contributed by atoms with Crippen LogP contribution in [-0.4, -0.2) is 32.4 Å². The fourth-order valence-electron chi connectivity index (χ4n) is 1.94. The van der Waals surface area contributed by atoms with Crippen LogP contribution in [0.15, 0.2) is 11.6 Å². The molecule has 0 aliphatic heterocycles. The summed E-state index contributed by atoms with van der Waals surface area (Å²) in [6, 6.07) is 0.0300. The number of carbonyl (C=O) groups is 1. The molecule has 0 aromatic carbocycles. The zero-order valence-electron chi connectivity index (χ0n) is 10.5. The Bertz CT molecular complexity index is 398. The van der Waals surface area contributed by atoms with Crippen molar-refractivity contribution in [3.05, 3.63) is 11.6 Å². The summed E-state index contributed by atoms with van der Waals surface area (Å²) in [5.41, 5.74) is 1.27. The largest absolute Gasteiger partial charge is 0.350 e. The first-order valence-electron chi connectivity index (χ1n) is 6.04. The van der Waals surface area contributed by atoms with Crippen LogP contribution >= 0.6 is 0 Å². The van der Waals surface area contributed by atoms with Crippen molar-refractivity contribution in [2.75, 3.05) is 12.0 Å². The molecular formula is C12H21NO3S. The van der Waals surface area contributed by atoms with Crippen LogP contribution in [0.2, 0.25) is 0 Å². The second kappa shape index (κ2) is 6.19. The van der Waals surface area contributed by atoms with Crippen LogP contribution in [0.5, 0.6) is 0 Å². The first kappa shape index (κ1) is 14.2. The molecule has 1 aliphatic rings. The van der Waals surface area contributed by atoms with Gasteiger partial charge in [-0.1, -0.05) is 11.6 Å². The van der Waals surface area contributed by atoms with Crippen LogP contribution in [0.4, 0.5) is 0 Å². The Hall–Kier alpha value is -0.840. The molecule has 0 aromatic heterocycles. The van der Waals surface area contributed by atoms with E-state index in [0.29, 0.717) is 0 Å². The Morgan fingerprint density at radius 1 is 1.47 bits per heavy atom. The summed E-state index contributed by atoms with van der Waals surface area (Å²) in [7, 11) is -3.06. The molecule has 1 unspecified atom stereocenters. The van der Waals surface area contributed by atoms with Crippen LogP contribution in [0.1, 0.15) is 39.0 Å². The fraction of sp³-hybridized carbons (Fsp3) is 0.750. The van der Waals surface area contributed by atoms with Crippen molar-refractivity contribution in [3.8, 4) is 0 Å². The van der Waals surface area contributed by atoms with E-state index in [0.717, 1.165) is 19.1 Å². The van der Waals surface area contributed by atoms with Crippen LogP contribution in [-0.2, 0) is 14.6 Å². The van der Waals surface area contributed by atoms with Crippen LogP contribution in [0, 0.1) is 0 Å². The molecule has 1 aliphatic carbocycles. The van der Waals surface area contributed by atoms with Crippen molar-refractivity contribution < 1.29 is 13.2 Å². The van der Waals surface area contributed by atoms with Gasteiger partial charge in [-0.05, 0) is 32.6 Å². The Balaban J connectivity index is 2.37. The number of sulfone groups is 1. The Morgan fingerprint density at radius 3 is 2.71 bits per heavy atom. The third kappa shape index (κ3) is 5.86. The van der Waals surface area contributed by atoms with E-state index in [4.69, 9.17) is 0 Å². The highest BCUT2D eigenvalue weighted by Gasteiger charge is 2.15. The molecule has 0 saturated carbocycles. The number of amides is 1. The van der Waals surface area contributed by atoms with Gasteiger partial charge in [0, 0.05) is 18.7 Å². The molecule has 1 amide bonds. The van der Waals surface area contributed by atoms with Gasteiger partial charge in [-0.3, -0.25) is 4.79 Å². The van der Waals surface area contributed by atoms with Crippen molar-refractivity contribution >= 4 is 15.7 Å². The minimum absolute atomic E-state index is 0.0300. The van der Waals surface area contributed by atoms with Crippen molar-refractivity contribution in [2.24, 2.45) is 0 Å². The van der Waals surface area contributed by atoms with Crippen LogP contribution < -0.4 is 5.32 Å². The van der Waals surface area contributed by atoms with Gasteiger partial charge in [-0.25, -0.2) is 8.42 Å². The van der Waals surface area contributed by atoms with Crippen molar-refractivity contribution in [2.45, 2.75) is 45.1 Å². The maximum absolute atomic E-state index is 11.5. The summed E-state index contributed by atoms with van der Waals surface area (Å²) >= 11 is 0. The highest BCUT2D eigenvalue weighted by molar-refractivity contribution is 7.90. The number of rotatable bonds is 5. The first-order valence-corrected chi connectivity index (χ1v) is 8.10. The number of allylic oxidation sites excluding steroid dienone is 1. The van der Waals surface area contributed by atoms with E-state index in [-0.39, 0.29) is 24.1 Å².